The topological polar surface area (TPSA) is 111 Å². The molecule has 9 nitrogen and oxygen atoms in total. The Hall–Kier alpha value is -3.07. The molecule has 0 aliphatic carbocycles. The van der Waals surface area contributed by atoms with E-state index < -0.39 is 32.5 Å². The molecule has 0 saturated heterocycles. The third kappa shape index (κ3) is 52.2. The van der Waals surface area contributed by atoms with Gasteiger partial charge in [0.15, 0.2) is 6.10 Å². The fraction of sp³-hybridized carbons (Fsp3) is 0.684. The van der Waals surface area contributed by atoms with Gasteiger partial charge in [0.1, 0.15) is 19.8 Å². The second kappa shape index (κ2) is 48.0. The molecule has 0 spiro atoms. The number of quaternary nitrogens is 1. The van der Waals surface area contributed by atoms with Crippen molar-refractivity contribution in [2.24, 2.45) is 0 Å². The Kier molecular flexibility index (Phi) is 45.8. The Morgan fingerprint density at radius 3 is 1.27 bits per heavy atom. The summed E-state index contributed by atoms with van der Waals surface area (Å²) in [4.78, 5) is 37.5. The summed E-state index contributed by atoms with van der Waals surface area (Å²) in [6.07, 6.45) is 64.7. The maximum absolute atomic E-state index is 12.7. The Bertz CT molecular complexity index is 1450. The Morgan fingerprint density at radius 1 is 0.478 bits per heavy atom. The van der Waals surface area contributed by atoms with Crippen molar-refractivity contribution < 1.29 is 42.1 Å². The molecule has 0 bridgehead atoms. The molecule has 0 aromatic rings. The number of ether oxygens (including phenoxy) is 2. The normalized spacial score (nSPS) is 14.2. The van der Waals surface area contributed by atoms with Crippen LogP contribution in [0.5, 0.6) is 0 Å². The van der Waals surface area contributed by atoms with E-state index in [0.717, 1.165) is 96.3 Å². The van der Waals surface area contributed by atoms with Crippen molar-refractivity contribution in [2.75, 3.05) is 47.5 Å². The fourth-order valence-corrected chi connectivity index (χ4v) is 7.52. The first kappa shape index (κ1) is 63.9. The molecule has 0 aliphatic rings. The average Bonchev–Trinajstić information content (AvgIpc) is 3.29. The van der Waals surface area contributed by atoms with Crippen LogP contribution in [0.2, 0.25) is 0 Å². The lowest BCUT2D eigenvalue weighted by molar-refractivity contribution is -0.870. The number of unbranched alkanes of at least 4 members (excludes halogenated alkanes) is 17. The van der Waals surface area contributed by atoms with Crippen LogP contribution in [0.25, 0.3) is 0 Å². The molecule has 0 rings (SSSR count). The van der Waals surface area contributed by atoms with E-state index in [4.69, 9.17) is 18.5 Å². The summed E-state index contributed by atoms with van der Waals surface area (Å²) in [7, 11) is 1.15. The minimum atomic E-state index is -4.63. The SMILES string of the molecule is CC/C=C\C/C=C\C/C=C\C/C=C\C/C=C\C/C=C\C/C=C\C/C=C\CCCCCCCCCCCCC(=O)OC(COC(=O)CCCCCCCCCC)COP(=O)([O-])OCC[N+](C)(C)C. The smallest absolute Gasteiger partial charge is 0.306 e. The first-order chi connectivity index (χ1) is 32.5. The number of allylic oxidation sites excluding steroid dienone is 16. The molecule has 0 aromatic heterocycles. The summed E-state index contributed by atoms with van der Waals surface area (Å²) in [5.74, 6) is -0.848. The number of carbonyl (C=O) groups is 2. The predicted molar refractivity (Wildman–Crippen MR) is 282 cm³/mol. The van der Waals surface area contributed by atoms with E-state index in [1.807, 2.05) is 21.1 Å². The minimum Gasteiger partial charge on any atom is -0.756 e. The van der Waals surface area contributed by atoms with Crippen molar-refractivity contribution in [3.8, 4) is 0 Å². The monoisotopic (exact) mass is 956 g/mol. The maximum atomic E-state index is 12.7. The van der Waals surface area contributed by atoms with Gasteiger partial charge in [-0.25, -0.2) is 0 Å². The van der Waals surface area contributed by atoms with E-state index in [9.17, 15) is 19.0 Å². The minimum absolute atomic E-state index is 0.0348. The largest absolute Gasteiger partial charge is 0.756 e. The van der Waals surface area contributed by atoms with Gasteiger partial charge in [0.25, 0.3) is 7.82 Å². The van der Waals surface area contributed by atoms with Gasteiger partial charge in [-0.05, 0) is 77.0 Å². The van der Waals surface area contributed by atoms with Crippen LogP contribution in [0.1, 0.15) is 200 Å². The lowest BCUT2D eigenvalue weighted by atomic mass is 10.0. The number of nitrogens with zero attached hydrogens (tertiary/aromatic N) is 1. The highest BCUT2D eigenvalue weighted by Gasteiger charge is 2.21. The van der Waals surface area contributed by atoms with Crippen LogP contribution < -0.4 is 4.89 Å². The highest BCUT2D eigenvalue weighted by molar-refractivity contribution is 7.45. The van der Waals surface area contributed by atoms with Crippen molar-refractivity contribution in [2.45, 2.75) is 206 Å². The van der Waals surface area contributed by atoms with Gasteiger partial charge in [0, 0.05) is 12.8 Å². The van der Waals surface area contributed by atoms with Gasteiger partial charge in [0.2, 0.25) is 0 Å². The van der Waals surface area contributed by atoms with E-state index in [-0.39, 0.29) is 26.1 Å². The van der Waals surface area contributed by atoms with Gasteiger partial charge in [-0.2, -0.15) is 0 Å². The zero-order valence-electron chi connectivity index (χ0n) is 43.3. The number of hydrogen-bond acceptors (Lipinski definition) is 8. The quantitative estimate of drug-likeness (QED) is 0.0195. The average molecular weight is 956 g/mol. The van der Waals surface area contributed by atoms with Crippen LogP contribution in [0.3, 0.4) is 0 Å². The van der Waals surface area contributed by atoms with Gasteiger partial charge in [-0.1, -0.05) is 207 Å². The van der Waals surface area contributed by atoms with Gasteiger partial charge in [-0.15, -0.1) is 0 Å². The summed E-state index contributed by atoms with van der Waals surface area (Å²) >= 11 is 0. The van der Waals surface area contributed by atoms with E-state index in [2.05, 4.69) is 111 Å². The molecule has 0 radical (unpaired) electrons. The fourth-order valence-electron chi connectivity index (χ4n) is 6.79. The summed E-state index contributed by atoms with van der Waals surface area (Å²) in [6.45, 7) is 4.06. The van der Waals surface area contributed by atoms with Crippen LogP contribution in [0.4, 0.5) is 0 Å². The van der Waals surface area contributed by atoms with Crippen LogP contribution >= 0.6 is 7.82 Å². The number of phosphoric ester groups is 1. The molecular weight excluding hydrogens is 858 g/mol. The van der Waals surface area contributed by atoms with Crippen LogP contribution in [-0.2, 0) is 32.7 Å². The molecule has 0 saturated carbocycles. The molecule has 2 unspecified atom stereocenters. The Balaban J connectivity index is 4.06. The molecule has 0 aliphatic heterocycles. The Morgan fingerprint density at radius 2 is 0.851 bits per heavy atom. The molecule has 67 heavy (non-hydrogen) atoms. The molecule has 10 heteroatoms. The third-order valence-corrected chi connectivity index (χ3v) is 11.8. The second-order valence-electron chi connectivity index (χ2n) is 18.5. The highest BCUT2D eigenvalue weighted by Crippen LogP contribution is 2.38. The molecule has 0 heterocycles. The third-order valence-electron chi connectivity index (χ3n) is 10.9. The summed E-state index contributed by atoms with van der Waals surface area (Å²) in [5.41, 5.74) is 0. The molecule has 384 valence electrons. The molecule has 0 N–H and O–H groups in total. The molecular formula is C57H98NO8P. The zero-order valence-corrected chi connectivity index (χ0v) is 44.2. The number of likely N-dealkylation sites (N-methyl/N-ethyl adjacent to an activating group) is 1. The van der Waals surface area contributed by atoms with Gasteiger partial charge < -0.3 is 27.9 Å². The van der Waals surface area contributed by atoms with Crippen LogP contribution in [0.15, 0.2) is 97.2 Å². The first-order valence-electron chi connectivity index (χ1n) is 26.4. The number of esters is 2. The summed E-state index contributed by atoms with van der Waals surface area (Å²) in [5, 5.41) is 0. The van der Waals surface area contributed by atoms with Crippen molar-refractivity contribution in [1.82, 2.24) is 0 Å². The predicted octanol–water partition coefficient (Wildman–Crippen LogP) is 15.5. The van der Waals surface area contributed by atoms with E-state index in [1.54, 1.807) is 0 Å². The second-order valence-corrected chi connectivity index (χ2v) is 19.9. The van der Waals surface area contributed by atoms with E-state index >= 15 is 0 Å². The van der Waals surface area contributed by atoms with Crippen molar-refractivity contribution in [3.63, 3.8) is 0 Å². The summed E-state index contributed by atoms with van der Waals surface area (Å²) in [6, 6.07) is 0. The lowest BCUT2D eigenvalue weighted by Crippen LogP contribution is -2.37. The van der Waals surface area contributed by atoms with E-state index in [0.29, 0.717) is 17.4 Å². The maximum Gasteiger partial charge on any atom is 0.306 e. The zero-order chi connectivity index (χ0) is 49.2. The van der Waals surface area contributed by atoms with Crippen LogP contribution in [-0.4, -0.2) is 70.0 Å². The number of phosphoric acid groups is 1. The molecule has 2 atom stereocenters. The van der Waals surface area contributed by atoms with Gasteiger partial charge in [0.05, 0.1) is 27.7 Å². The highest BCUT2D eigenvalue weighted by atomic mass is 31.2. The number of carbonyl (C=O) groups excluding carboxylic acids is 2. The Labute approximate surface area is 411 Å². The van der Waals surface area contributed by atoms with Crippen molar-refractivity contribution in [1.29, 1.82) is 0 Å². The molecule has 0 amide bonds. The molecule has 0 aromatic carbocycles. The lowest BCUT2D eigenvalue weighted by Gasteiger charge is -2.28. The summed E-state index contributed by atoms with van der Waals surface area (Å²) < 4.78 is 33.9. The molecule has 0 fully saturated rings. The van der Waals surface area contributed by atoms with Crippen molar-refractivity contribution in [3.05, 3.63) is 97.2 Å². The van der Waals surface area contributed by atoms with Gasteiger partial charge in [-0.3, -0.25) is 14.2 Å². The number of rotatable bonds is 47. The van der Waals surface area contributed by atoms with Gasteiger partial charge >= 0.3 is 11.9 Å². The first-order valence-corrected chi connectivity index (χ1v) is 27.9. The van der Waals surface area contributed by atoms with Crippen molar-refractivity contribution >= 4 is 19.8 Å². The number of hydrogen-bond donors (Lipinski definition) is 0. The van der Waals surface area contributed by atoms with E-state index in [1.165, 1.54) is 70.6 Å². The standard InChI is InChI=1S/C57H98NO8P/c1-6-8-10-12-14-16-17-18-19-20-21-22-23-24-25-26-27-28-29-30-31-32-33-34-35-36-37-38-39-40-41-42-44-46-48-50-57(60)66-55(54-65-67(61,62)64-52-51-58(3,4)5)53-63-56(59)49-47-45-43-15-13-11-9-7-2/h8,10,14,16,18-19,21-22,24-25,27-28,30-31,33-34,55H,6-7,9,11-13,15,17,20,23,26,29,32,35-54H2,1-5H3/b10-8-,16-14-,19-18-,22-21-,25-24-,28-27-,31-30-,34-33-. The van der Waals surface area contributed by atoms with Crippen LogP contribution in [0, 0.1) is 0 Å².